The molecule has 0 bridgehead atoms. The maximum absolute atomic E-state index is 13.6. The molecule has 0 atom stereocenters. The Morgan fingerprint density at radius 1 is 1.24 bits per heavy atom. The highest BCUT2D eigenvalue weighted by Crippen LogP contribution is 2.24. The number of anilines is 2. The SMILES string of the molecule is CCOc1ccccc1C(=O)Nc1cc(N)c(F)cc1F. The zero-order valence-electron chi connectivity index (χ0n) is 11.3. The maximum Gasteiger partial charge on any atom is 0.259 e. The van der Waals surface area contributed by atoms with Gasteiger partial charge in [0.2, 0.25) is 0 Å². The molecule has 2 rings (SSSR count). The molecule has 0 saturated carbocycles. The number of amides is 1. The van der Waals surface area contributed by atoms with E-state index >= 15 is 0 Å². The van der Waals surface area contributed by atoms with Gasteiger partial charge in [-0.2, -0.15) is 0 Å². The highest BCUT2D eigenvalue weighted by molar-refractivity contribution is 6.06. The number of rotatable bonds is 4. The molecule has 0 saturated heterocycles. The third-order valence-electron chi connectivity index (χ3n) is 2.77. The van der Waals surface area contributed by atoms with Crippen molar-refractivity contribution in [1.29, 1.82) is 0 Å². The Labute approximate surface area is 120 Å². The first-order chi connectivity index (χ1) is 10.0. The van der Waals surface area contributed by atoms with Gasteiger partial charge >= 0.3 is 0 Å². The summed E-state index contributed by atoms with van der Waals surface area (Å²) in [5, 5.41) is 2.35. The van der Waals surface area contributed by atoms with Crippen LogP contribution >= 0.6 is 0 Å². The zero-order chi connectivity index (χ0) is 15.4. The minimum atomic E-state index is -0.899. The van der Waals surface area contributed by atoms with E-state index in [1.165, 1.54) is 0 Å². The van der Waals surface area contributed by atoms with Crippen molar-refractivity contribution in [2.45, 2.75) is 6.92 Å². The summed E-state index contributed by atoms with van der Waals surface area (Å²) in [5.41, 5.74) is 5.18. The second-order valence-electron chi connectivity index (χ2n) is 4.24. The molecule has 6 heteroatoms. The number of nitrogens with one attached hydrogen (secondary N) is 1. The third kappa shape index (κ3) is 3.28. The number of benzene rings is 2. The van der Waals surface area contributed by atoms with Gasteiger partial charge in [0, 0.05) is 6.07 Å². The first-order valence-corrected chi connectivity index (χ1v) is 6.30. The van der Waals surface area contributed by atoms with Crippen molar-refractivity contribution in [3.63, 3.8) is 0 Å². The van der Waals surface area contributed by atoms with Gasteiger partial charge in [0.25, 0.3) is 5.91 Å². The molecular formula is C15H14F2N2O2. The van der Waals surface area contributed by atoms with Gasteiger partial charge in [-0.15, -0.1) is 0 Å². The van der Waals surface area contributed by atoms with Crippen LogP contribution < -0.4 is 15.8 Å². The molecule has 0 aliphatic heterocycles. The fourth-order valence-corrected chi connectivity index (χ4v) is 1.79. The van der Waals surface area contributed by atoms with Crippen molar-refractivity contribution >= 4 is 17.3 Å². The fraction of sp³-hybridized carbons (Fsp3) is 0.133. The molecule has 0 aliphatic carbocycles. The van der Waals surface area contributed by atoms with E-state index in [2.05, 4.69) is 5.32 Å². The summed E-state index contributed by atoms with van der Waals surface area (Å²) in [7, 11) is 0. The molecule has 0 fully saturated rings. The van der Waals surface area contributed by atoms with Gasteiger partial charge in [-0.3, -0.25) is 4.79 Å². The lowest BCUT2D eigenvalue weighted by atomic mass is 10.1. The van der Waals surface area contributed by atoms with Crippen LogP contribution in [0.3, 0.4) is 0 Å². The lowest BCUT2D eigenvalue weighted by Crippen LogP contribution is -2.15. The van der Waals surface area contributed by atoms with Crippen LogP contribution in [0.4, 0.5) is 20.2 Å². The van der Waals surface area contributed by atoms with Crippen LogP contribution in [-0.4, -0.2) is 12.5 Å². The van der Waals surface area contributed by atoms with E-state index in [1.54, 1.807) is 31.2 Å². The molecule has 0 radical (unpaired) electrons. The number of para-hydroxylation sites is 1. The van der Waals surface area contributed by atoms with Crippen molar-refractivity contribution in [3.8, 4) is 5.75 Å². The number of carbonyl (C=O) groups excluding carboxylic acids is 1. The van der Waals surface area contributed by atoms with Crippen LogP contribution in [0.15, 0.2) is 36.4 Å². The average Bonchev–Trinajstić information content (AvgIpc) is 2.45. The van der Waals surface area contributed by atoms with Crippen LogP contribution in [0.2, 0.25) is 0 Å². The van der Waals surface area contributed by atoms with Crippen molar-refractivity contribution in [1.82, 2.24) is 0 Å². The first kappa shape index (κ1) is 14.8. The highest BCUT2D eigenvalue weighted by atomic mass is 19.1. The van der Waals surface area contributed by atoms with E-state index in [1.807, 2.05) is 0 Å². The van der Waals surface area contributed by atoms with E-state index in [0.717, 1.165) is 6.07 Å². The van der Waals surface area contributed by atoms with Crippen molar-refractivity contribution in [3.05, 3.63) is 53.6 Å². The van der Waals surface area contributed by atoms with Crippen LogP contribution in [0, 0.1) is 11.6 Å². The lowest BCUT2D eigenvalue weighted by Gasteiger charge is -2.11. The number of ether oxygens (including phenoxy) is 1. The number of nitrogens with two attached hydrogens (primary N) is 1. The smallest absolute Gasteiger partial charge is 0.259 e. The minimum Gasteiger partial charge on any atom is -0.493 e. The molecule has 2 aromatic rings. The fourth-order valence-electron chi connectivity index (χ4n) is 1.79. The van der Waals surface area contributed by atoms with Crippen LogP contribution in [-0.2, 0) is 0 Å². The van der Waals surface area contributed by atoms with Gasteiger partial charge in [-0.25, -0.2) is 8.78 Å². The van der Waals surface area contributed by atoms with Crippen LogP contribution in [0.5, 0.6) is 5.75 Å². The van der Waals surface area contributed by atoms with Crippen molar-refractivity contribution in [2.24, 2.45) is 0 Å². The summed E-state index contributed by atoms with van der Waals surface area (Å²) in [6.07, 6.45) is 0. The van der Waals surface area contributed by atoms with Crippen molar-refractivity contribution < 1.29 is 18.3 Å². The Morgan fingerprint density at radius 2 is 1.95 bits per heavy atom. The predicted molar refractivity (Wildman–Crippen MR) is 76.3 cm³/mol. The van der Waals surface area contributed by atoms with Crippen LogP contribution in [0.1, 0.15) is 17.3 Å². The summed E-state index contributed by atoms with van der Waals surface area (Å²) >= 11 is 0. The van der Waals surface area contributed by atoms with Crippen LogP contribution in [0.25, 0.3) is 0 Å². The molecule has 0 spiro atoms. The molecular weight excluding hydrogens is 278 g/mol. The van der Waals surface area contributed by atoms with E-state index in [0.29, 0.717) is 18.4 Å². The molecule has 0 aromatic heterocycles. The Bertz CT molecular complexity index is 675. The Morgan fingerprint density at radius 3 is 2.67 bits per heavy atom. The second kappa shape index (κ2) is 6.21. The van der Waals surface area contributed by atoms with Gasteiger partial charge in [-0.1, -0.05) is 12.1 Å². The molecule has 21 heavy (non-hydrogen) atoms. The average molecular weight is 292 g/mol. The summed E-state index contributed by atoms with van der Waals surface area (Å²) in [6.45, 7) is 2.18. The minimum absolute atomic E-state index is 0.190. The number of carbonyl (C=O) groups is 1. The quantitative estimate of drug-likeness (QED) is 0.851. The summed E-state index contributed by atoms with van der Waals surface area (Å²) < 4.78 is 32.0. The van der Waals surface area contributed by atoms with Gasteiger partial charge in [0.15, 0.2) is 0 Å². The van der Waals surface area contributed by atoms with Gasteiger partial charge in [0.1, 0.15) is 17.4 Å². The maximum atomic E-state index is 13.6. The first-order valence-electron chi connectivity index (χ1n) is 6.30. The predicted octanol–water partition coefficient (Wildman–Crippen LogP) is 3.20. The summed E-state index contributed by atoms with van der Waals surface area (Å²) in [6, 6.07) is 8.22. The standard InChI is InChI=1S/C15H14F2N2O2/c1-2-21-14-6-4-3-5-9(14)15(20)19-13-8-12(18)10(16)7-11(13)17/h3-8H,2,18H2,1H3,(H,19,20). The molecule has 1 amide bonds. The van der Waals surface area contributed by atoms with E-state index in [4.69, 9.17) is 10.5 Å². The van der Waals surface area contributed by atoms with E-state index in [-0.39, 0.29) is 16.9 Å². The van der Waals surface area contributed by atoms with Crippen molar-refractivity contribution in [2.75, 3.05) is 17.7 Å². The van der Waals surface area contributed by atoms with E-state index < -0.39 is 17.5 Å². The normalized spacial score (nSPS) is 10.2. The van der Waals surface area contributed by atoms with Gasteiger partial charge in [-0.05, 0) is 25.1 Å². The molecule has 3 N–H and O–H groups in total. The lowest BCUT2D eigenvalue weighted by molar-refractivity contribution is 0.102. The number of hydrogen-bond donors (Lipinski definition) is 2. The Hall–Kier alpha value is -2.63. The Balaban J connectivity index is 2.28. The zero-order valence-corrected chi connectivity index (χ0v) is 11.3. The summed E-state index contributed by atoms with van der Waals surface area (Å²) in [5.74, 6) is -1.96. The Kier molecular flexibility index (Phi) is 4.37. The van der Waals surface area contributed by atoms with E-state index in [9.17, 15) is 13.6 Å². The monoisotopic (exact) mass is 292 g/mol. The number of nitrogen functional groups attached to an aromatic ring is 1. The number of halogens is 2. The molecule has 0 unspecified atom stereocenters. The molecule has 110 valence electrons. The summed E-state index contributed by atoms with van der Waals surface area (Å²) in [4.78, 5) is 12.2. The largest absolute Gasteiger partial charge is 0.493 e. The highest BCUT2D eigenvalue weighted by Gasteiger charge is 2.15. The number of hydrogen-bond acceptors (Lipinski definition) is 3. The topological polar surface area (TPSA) is 64.3 Å². The molecule has 4 nitrogen and oxygen atoms in total. The third-order valence-corrected chi connectivity index (χ3v) is 2.77. The van der Waals surface area contributed by atoms with Gasteiger partial charge in [0.05, 0.1) is 23.5 Å². The molecule has 0 heterocycles. The molecule has 0 aliphatic rings. The second-order valence-corrected chi connectivity index (χ2v) is 4.24. The van der Waals surface area contributed by atoms with Gasteiger partial charge < -0.3 is 15.8 Å². The molecule has 2 aromatic carbocycles.